The lowest BCUT2D eigenvalue weighted by molar-refractivity contribution is -0.135. The molecule has 1 N–H and O–H groups in total. The molecule has 1 aliphatic heterocycles. The highest BCUT2D eigenvalue weighted by atomic mass is 32.1. The predicted molar refractivity (Wildman–Crippen MR) is 115 cm³/mol. The summed E-state index contributed by atoms with van der Waals surface area (Å²) in [6.45, 7) is 6.11. The smallest absolute Gasteiger partial charge is 0.317 e. The van der Waals surface area contributed by atoms with Gasteiger partial charge in [0.05, 0.1) is 6.04 Å². The first-order valence-corrected chi connectivity index (χ1v) is 11.1. The molecule has 0 saturated carbocycles. The predicted octanol–water partition coefficient (Wildman–Crippen LogP) is 3.69. The molecule has 1 aliphatic rings. The molecule has 3 amide bonds. The number of urea groups is 1. The van der Waals surface area contributed by atoms with Crippen molar-refractivity contribution < 1.29 is 14.3 Å². The monoisotopic (exact) mass is 415 g/mol. The SMILES string of the molecule is CCCN(CC(=O)N1CCc2sccc2C1COc1ccccc1)C(=O)NCC. The van der Waals surface area contributed by atoms with E-state index < -0.39 is 0 Å². The van der Waals surface area contributed by atoms with Crippen LogP contribution in [0.1, 0.15) is 36.8 Å². The minimum absolute atomic E-state index is 0.0387. The fourth-order valence-corrected chi connectivity index (χ4v) is 4.53. The molecule has 6 nitrogen and oxygen atoms in total. The van der Waals surface area contributed by atoms with Gasteiger partial charge in [-0.05, 0) is 48.9 Å². The number of nitrogens with one attached hydrogen (secondary N) is 1. The van der Waals surface area contributed by atoms with Gasteiger partial charge >= 0.3 is 6.03 Å². The lowest BCUT2D eigenvalue weighted by Gasteiger charge is -2.37. The second-order valence-electron chi connectivity index (χ2n) is 7.03. The number of ether oxygens (including phenoxy) is 1. The fourth-order valence-electron chi connectivity index (χ4n) is 3.61. The molecular formula is C22H29N3O3S. The minimum atomic E-state index is -0.187. The van der Waals surface area contributed by atoms with Crippen molar-refractivity contribution in [2.75, 3.05) is 32.8 Å². The average molecular weight is 416 g/mol. The number of fused-ring (bicyclic) bond motifs is 1. The zero-order valence-corrected chi connectivity index (χ0v) is 17.9. The van der Waals surface area contributed by atoms with Crippen LogP contribution in [0.3, 0.4) is 0 Å². The fraction of sp³-hybridized carbons (Fsp3) is 0.455. The molecule has 1 atom stereocenters. The Morgan fingerprint density at radius 1 is 1.24 bits per heavy atom. The van der Waals surface area contributed by atoms with Gasteiger partial charge in [-0.2, -0.15) is 0 Å². The molecule has 0 spiro atoms. The molecule has 1 unspecified atom stereocenters. The number of thiophene rings is 1. The second kappa shape index (κ2) is 10.3. The number of carbonyl (C=O) groups excluding carboxylic acids is 2. The highest BCUT2D eigenvalue weighted by molar-refractivity contribution is 7.10. The Kier molecular flexibility index (Phi) is 7.52. The van der Waals surface area contributed by atoms with Crippen LogP contribution in [0.15, 0.2) is 41.8 Å². The quantitative estimate of drug-likeness (QED) is 0.715. The summed E-state index contributed by atoms with van der Waals surface area (Å²) in [5, 5.41) is 4.88. The first kappa shape index (κ1) is 21.2. The Morgan fingerprint density at radius 2 is 2.03 bits per heavy atom. The Labute approximate surface area is 176 Å². The standard InChI is InChI=1S/C22H29N3O3S/c1-3-12-24(22(27)23-4-2)15-21(26)25-13-10-20-18(11-14-29-20)19(25)16-28-17-8-6-5-7-9-17/h5-9,11,14,19H,3-4,10,12-13,15-16H2,1-2H3,(H,23,27). The van der Waals surface area contributed by atoms with Gasteiger partial charge in [0.25, 0.3) is 0 Å². The van der Waals surface area contributed by atoms with E-state index in [0.717, 1.165) is 24.2 Å². The van der Waals surface area contributed by atoms with Crippen molar-refractivity contribution in [3.8, 4) is 5.75 Å². The maximum Gasteiger partial charge on any atom is 0.317 e. The molecule has 1 aromatic heterocycles. The molecule has 0 saturated heterocycles. The number of nitrogens with zero attached hydrogens (tertiary/aromatic N) is 2. The van der Waals surface area contributed by atoms with Gasteiger partial charge in [0.15, 0.2) is 0 Å². The van der Waals surface area contributed by atoms with Crippen molar-refractivity contribution in [2.45, 2.75) is 32.7 Å². The summed E-state index contributed by atoms with van der Waals surface area (Å²) >= 11 is 1.73. The maximum atomic E-state index is 13.2. The molecule has 2 heterocycles. The van der Waals surface area contributed by atoms with Gasteiger partial charge < -0.3 is 19.9 Å². The van der Waals surface area contributed by atoms with Crippen molar-refractivity contribution in [1.29, 1.82) is 0 Å². The number of carbonyl (C=O) groups is 2. The van der Waals surface area contributed by atoms with Crippen LogP contribution >= 0.6 is 11.3 Å². The zero-order valence-electron chi connectivity index (χ0n) is 17.1. The lowest BCUT2D eigenvalue weighted by atomic mass is 10.0. The molecule has 29 heavy (non-hydrogen) atoms. The van der Waals surface area contributed by atoms with Crippen LogP contribution in [-0.2, 0) is 11.2 Å². The first-order chi connectivity index (χ1) is 14.1. The van der Waals surface area contributed by atoms with Crippen LogP contribution in [0.2, 0.25) is 0 Å². The molecule has 1 aromatic carbocycles. The van der Waals surface area contributed by atoms with Gasteiger partial charge in [-0.3, -0.25) is 4.79 Å². The number of rotatable bonds is 8. The Morgan fingerprint density at radius 3 is 2.76 bits per heavy atom. The van der Waals surface area contributed by atoms with E-state index in [9.17, 15) is 9.59 Å². The maximum absolute atomic E-state index is 13.2. The summed E-state index contributed by atoms with van der Waals surface area (Å²) in [4.78, 5) is 30.3. The number of hydrogen-bond donors (Lipinski definition) is 1. The number of amides is 3. The summed E-state index contributed by atoms with van der Waals surface area (Å²) in [6, 6.07) is 11.4. The van der Waals surface area contributed by atoms with Gasteiger partial charge in [-0.25, -0.2) is 4.79 Å². The third kappa shape index (κ3) is 5.29. The van der Waals surface area contributed by atoms with Crippen molar-refractivity contribution in [2.24, 2.45) is 0 Å². The Hall–Kier alpha value is -2.54. The van der Waals surface area contributed by atoms with E-state index in [2.05, 4.69) is 16.8 Å². The van der Waals surface area contributed by atoms with Gasteiger partial charge in [0.1, 0.15) is 18.9 Å². The van der Waals surface area contributed by atoms with Crippen LogP contribution in [-0.4, -0.2) is 54.5 Å². The van der Waals surface area contributed by atoms with Crippen molar-refractivity contribution in [3.05, 3.63) is 52.2 Å². The van der Waals surface area contributed by atoms with Crippen molar-refractivity contribution in [1.82, 2.24) is 15.1 Å². The summed E-state index contributed by atoms with van der Waals surface area (Å²) in [7, 11) is 0. The average Bonchev–Trinajstić information content (AvgIpc) is 3.21. The van der Waals surface area contributed by atoms with Gasteiger partial charge in [-0.15, -0.1) is 11.3 Å². The minimum Gasteiger partial charge on any atom is -0.491 e. The third-order valence-electron chi connectivity index (χ3n) is 5.00. The summed E-state index contributed by atoms with van der Waals surface area (Å²) in [5.41, 5.74) is 1.16. The molecule has 3 rings (SSSR count). The number of para-hydroxylation sites is 1. The van der Waals surface area contributed by atoms with Gasteiger partial charge in [0, 0.05) is 24.5 Å². The van der Waals surface area contributed by atoms with Gasteiger partial charge in [0.2, 0.25) is 5.91 Å². The normalized spacial score (nSPS) is 15.5. The summed E-state index contributed by atoms with van der Waals surface area (Å²) < 4.78 is 6.01. The molecule has 7 heteroatoms. The molecular weight excluding hydrogens is 386 g/mol. The summed E-state index contributed by atoms with van der Waals surface area (Å²) in [6.07, 6.45) is 1.65. The lowest BCUT2D eigenvalue weighted by Crippen LogP contribution is -2.50. The largest absolute Gasteiger partial charge is 0.491 e. The first-order valence-electron chi connectivity index (χ1n) is 10.2. The van der Waals surface area contributed by atoms with Crippen LogP contribution in [0, 0.1) is 0 Å². The van der Waals surface area contributed by atoms with E-state index in [-0.39, 0.29) is 24.5 Å². The molecule has 2 aromatic rings. The van der Waals surface area contributed by atoms with E-state index in [0.29, 0.717) is 26.2 Å². The Balaban J connectivity index is 1.74. The van der Waals surface area contributed by atoms with E-state index >= 15 is 0 Å². The second-order valence-corrected chi connectivity index (χ2v) is 8.03. The molecule has 0 aliphatic carbocycles. The van der Waals surface area contributed by atoms with E-state index in [1.807, 2.05) is 49.1 Å². The molecule has 0 fully saturated rings. The summed E-state index contributed by atoms with van der Waals surface area (Å²) in [5.74, 6) is 0.750. The topological polar surface area (TPSA) is 61.9 Å². The highest BCUT2D eigenvalue weighted by Gasteiger charge is 2.33. The van der Waals surface area contributed by atoms with E-state index in [1.165, 1.54) is 4.88 Å². The van der Waals surface area contributed by atoms with E-state index in [4.69, 9.17) is 4.74 Å². The zero-order chi connectivity index (χ0) is 20.6. The number of hydrogen-bond acceptors (Lipinski definition) is 4. The van der Waals surface area contributed by atoms with Crippen molar-refractivity contribution in [3.63, 3.8) is 0 Å². The van der Waals surface area contributed by atoms with Crippen molar-refractivity contribution >= 4 is 23.3 Å². The van der Waals surface area contributed by atoms with E-state index in [1.54, 1.807) is 16.2 Å². The van der Waals surface area contributed by atoms with Crippen LogP contribution in [0.4, 0.5) is 4.79 Å². The van der Waals surface area contributed by atoms with Crippen LogP contribution < -0.4 is 10.1 Å². The Bertz CT molecular complexity index is 809. The number of benzene rings is 1. The highest BCUT2D eigenvalue weighted by Crippen LogP contribution is 2.34. The third-order valence-corrected chi connectivity index (χ3v) is 6.00. The van der Waals surface area contributed by atoms with Crippen LogP contribution in [0.5, 0.6) is 5.75 Å². The molecule has 0 bridgehead atoms. The van der Waals surface area contributed by atoms with Crippen LogP contribution in [0.25, 0.3) is 0 Å². The molecule has 0 radical (unpaired) electrons. The van der Waals surface area contributed by atoms with Gasteiger partial charge in [-0.1, -0.05) is 25.1 Å². The molecule has 156 valence electrons.